The highest BCUT2D eigenvalue weighted by atomic mass is 16.6. The van der Waals surface area contributed by atoms with E-state index in [1.165, 1.54) is 12.7 Å². The molecule has 5 heteroatoms. The van der Waals surface area contributed by atoms with Crippen molar-refractivity contribution in [2.24, 2.45) is 17.0 Å². The van der Waals surface area contributed by atoms with E-state index in [-0.39, 0.29) is 18.3 Å². The molecule has 0 saturated carbocycles. The lowest BCUT2D eigenvalue weighted by atomic mass is 9.93. The summed E-state index contributed by atoms with van der Waals surface area (Å²) in [7, 11) is 1.50. The molecule has 0 spiro atoms. The van der Waals surface area contributed by atoms with Gasteiger partial charge in [0.05, 0.1) is 13.0 Å². The second-order valence-corrected chi connectivity index (χ2v) is 10.4. The maximum atomic E-state index is 12.7. The van der Waals surface area contributed by atoms with Crippen LogP contribution in [0.25, 0.3) is 0 Å². The SMILES string of the molecule is CO/N=C(\C#Cc1ccc(CC(C)C)cc1)C(CCCOCc1ccccc1)CC(=O)OC(C)(C)C. The van der Waals surface area contributed by atoms with Crippen LogP contribution in [0.4, 0.5) is 0 Å². The molecule has 2 aromatic carbocycles. The zero-order chi connectivity index (χ0) is 26.4. The molecule has 2 rings (SSSR count). The van der Waals surface area contributed by atoms with Crippen molar-refractivity contribution in [1.82, 2.24) is 0 Å². The molecular formula is C31H41NO4. The van der Waals surface area contributed by atoms with E-state index in [0.717, 1.165) is 24.0 Å². The molecular weight excluding hydrogens is 450 g/mol. The van der Waals surface area contributed by atoms with Gasteiger partial charge in [0.15, 0.2) is 0 Å². The first kappa shape index (κ1) is 29.1. The predicted molar refractivity (Wildman–Crippen MR) is 146 cm³/mol. The van der Waals surface area contributed by atoms with Gasteiger partial charge in [0.1, 0.15) is 18.4 Å². The third-order valence-corrected chi connectivity index (χ3v) is 5.30. The van der Waals surface area contributed by atoms with Crippen LogP contribution in [0.2, 0.25) is 0 Å². The highest BCUT2D eigenvalue weighted by Gasteiger charge is 2.24. The molecule has 0 saturated heterocycles. The lowest BCUT2D eigenvalue weighted by Crippen LogP contribution is -2.27. The minimum absolute atomic E-state index is 0.181. The summed E-state index contributed by atoms with van der Waals surface area (Å²) in [5.41, 5.74) is 3.31. The van der Waals surface area contributed by atoms with Gasteiger partial charge in [-0.25, -0.2) is 0 Å². The number of oxime groups is 1. The molecule has 0 N–H and O–H groups in total. The normalized spacial score (nSPS) is 12.6. The Kier molecular flexibility index (Phi) is 12.2. The molecule has 0 heterocycles. The second-order valence-electron chi connectivity index (χ2n) is 10.4. The fourth-order valence-corrected chi connectivity index (χ4v) is 3.75. The van der Waals surface area contributed by atoms with Gasteiger partial charge in [0.2, 0.25) is 0 Å². The zero-order valence-corrected chi connectivity index (χ0v) is 22.7. The van der Waals surface area contributed by atoms with Crippen molar-refractivity contribution in [3.8, 4) is 11.8 Å². The van der Waals surface area contributed by atoms with Crippen molar-refractivity contribution in [3.63, 3.8) is 0 Å². The van der Waals surface area contributed by atoms with Crippen LogP contribution in [0.1, 0.15) is 70.6 Å². The largest absolute Gasteiger partial charge is 0.460 e. The van der Waals surface area contributed by atoms with Crippen LogP contribution in [-0.2, 0) is 32.1 Å². The Morgan fingerprint density at radius 2 is 1.69 bits per heavy atom. The number of carbonyl (C=O) groups is 1. The van der Waals surface area contributed by atoms with Crippen LogP contribution in [0.15, 0.2) is 59.8 Å². The number of esters is 1. The summed E-state index contributed by atoms with van der Waals surface area (Å²) in [4.78, 5) is 17.8. The molecule has 1 atom stereocenters. The van der Waals surface area contributed by atoms with E-state index in [4.69, 9.17) is 14.3 Å². The van der Waals surface area contributed by atoms with Crippen molar-refractivity contribution in [2.75, 3.05) is 13.7 Å². The van der Waals surface area contributed by atoms with Crippen LogP contribution < -0.4 is 0 Å². The smallest absolute Gasteiger partial charge is 0.307 e. The van der Waals surface area contributed by atoms with Gasteiger partial charge in [-0.15, -0.1) is 0 Å². The molecule has 0 bridgehead atoms. The van der Waals surface area contributed by atoms with Gasteiger partial charge >= 0.3 is 5.97 Å². The van der Waals surface area contributed by atoms with E-state index < -0.39 is 5.60 Å². The number of carbonyl (C=O) groups excluding carboxylic acids is 1. The van der Waals surface area contributed by atoms with Crippen LogP contribution in [0.5, 0.6) is 0 Å². The lowest BCUT2D eigenvalue weighted by molar-refractivity contribution is -0.155. The summed E-state index contributed by atoms with van der Waals surface area (Å²) >= 11 is 0. The van der Waals surface area contributed by atoms with E-state index in [1.54, 1.807) is 0 Å². The number of benzene rings is 2. The summed E-state index contributed by atoms with van der Waals surface area (Å²) < 4.78 is 11.4. The molecule has 1 unspecified atom stereocenters. The van der Waals surface area contributed by atoms with E-state index in [1.807, 2.05) is 63.2 Å². The average molecular weight is 492 g/mol. The van der Waals surface area contributed by atoms with Gasteiger partial charge in [0.25, 0.3) is 0 Å². The van der Waals surface area contributed by atoms with Crippen LogP contribution in [0.3, 0.4) is 0 Å². The molecule has 194 valence electrons. The Hall–Kier alpha value is -3.10. The monoisotopic (exact) mass is 491 g/mol. The Labute approximate surface area is 217 Å². The van der Waals surface area contributed by atoms with Gasteiger partial charge in [-0.05, 0) is 75.1 Å². The number of nitrogens with zero attached hydrogens (tertiary/aromatic N) is 1. The van der Waals surface area contributed by atoms with Crippen LogP contribution >= 0.6 is 0 Å². The first-order valence-electron chi connectivity index (χ1n) is 12.7. The third kappa shape index (κ3) is 12.0. The van der Waals surface area contributed by atoms with Gasteiger partial charge < -0.3 is 14.3 Å². The van der Waals surface area contributed by atoms with Crippen molar-refractivity contribution in [1.29, 1.82) is 0 Å². The molecule has 0 fully saturated rings. The van der Waals surface area contributed by atoms with Gasteiger partial charge in [0, 0.05) is 18.1 Å². The van der Waals surface area contributed by atoms with Crippen LogP contribution in [-0.4, -0.2) is 31.0 Å². The topological polar surface area (TPSA) is 57.1 Å². The van der Waals surface area contributed by atoms with Gasteiger partial charge in [-0.1, -0.05) is 67.4 Å². The fraction of sp³-hybridized carbons (Fsp3) is 0.484. The zero-order valence-electron chi connectivity index (χ0n) is 22.7. The van der Waals surface area contributed by atoms with Crippen molar-refractivity contribution in [3.05, 3.63) is 71.3 Å². The molecule has 0 aromatic heterocycles. The number of hydrogen-bond acceptors (Lipinski definition) is 5. The predicted octanol–water partition coefficient (Wildman–Crippen LogP) is 6.58. The van der Waals surface area contributed by atoms with Gasteiger partial charge in [-0.2, -0.15) is 0 Å². The van der Waals surface area contributed by atoms with Gasteiger partial charge in [-0.3, -0.25) is 4.79 Å². The number of rotatable bonds is 12. The Bertz CT molecular complexity index is 1010. The Balaban J connectivity index is 2.09. The lowest BCUT2D eigenvalue weighted by Gasteiger charge is -2.22. The van der Waals surface area contributed by atoms with E-state index in [0.29, 0.717) is 31.3 Å². The maximum Gasteiger partial charge on any atom is 0.307 e. The minimum Gasteiger partial charge on any atom is -0.460 e. The molecule has 2 aromatic rings. The summed E-state index contributed by atoms with van der Waals surface area (Å²) in [5.74, 6) is 6.45. The van der Waals surface area contributed by atoms with Crippen LogP contribution in [0, 0.1) is 23.7 Å². The minimum atomic E-state index is -0.553. The molecule has 0 amide bonds. The number of ether oxygens (including phenoxy) is 2. The molecule has 0 radical (unpaired) electrons. The van der Waals surface area contributed by atoms with Crippen molar-refractivity contribution >= 4 is 11.7 Å². The molecule has 0 aliphatic heterocycles. The van der Waals surface area contributed by atoms with E-state index in [2.05, 4.69) is 43.0 Å². The first-order valence-corrected chi connectivity index (χ1v) is 12.7. The van der Waals surface area contributed by atoms with Crippen molar-refractivity contribution < 1.29 is 19.1 Å². The highest BCUT2D eigenvalue weighted by molar-refractivity contribution is 6.03. The quantitative estimate of drug-likeness (QED) is 0.111. The van der Waals surface area contributed by atoms with E-state index in [9.17, 15) is 4.79 Å². The third-order valence-electron chi connectivity index (χ3n) is 5.30. The number of hydrogen-bond donors (Lipinski definition) is 0. The molecule has 5 nitrogen and oxygen atoms in total. The Morgan fingerprint density at radius 3 is 2.31 bits per heavy atom. The summed E-state index contributed by atoms with van der Waals surface area (Å²) in [5, 5.41) is 4.19. The molecule has 0 aliphatic rings. The van der Waals surface area contributed by atoms with E-state index >= 15 is 0 Å². The molecule has 0 aliphatic carbocycles. The maximum absolute atomic E-state index is 12.7. The summed E-state index contributed by atoms with van der Waals surface area (Å²) in [6, 6.07) is 18.3. The Morgan fingerprint density at radius 1 is 1.00 bits per heavy atom. The second kappa shape index (κ2) is 15.1. The summed E-state index contributed by atoms with van der Waals surface area (Å²) in [6.07, 6.45) is 2.65. The first-order chi connectivity index (χ1) is 17.2. The standard InChI is InChI=1S/C31H41NO4/c1-24(2)21-26-16-14-25(15-17-26)18-19-29(32-34-6)28(22-30(33)36-31(3,4)5)13-10-20-35-23-27-11-8-7-9-12-27/h7-9,11-12,14-17,24,28H,10,13,20-23H2,1-6H3/b32-29+. The summed E-state index contributed by atoms with van der Waals surface area (Å²) in [6.45, 7) is 11.1. The van der Waals surface area contributed by atoms with Crippen molar-refractivity contribution in [2.45, 2.75) is 72.5 Å². The fourth-order valence-electron chi connectivity index (χ4n) is 3.75. The molecule has 36 heavy (non-hydrogen) atoms. The highest BCUT2D eigenvalue weighted by Crippen LogP contribution is 2.19. The average Bonchev–Trinajstić information content (AvgIpc) is 2.81.